The van der Waals surface area contributed by atoms with E-state index in [2.05, 4.69) is 36.1 Å². The first kappa shape index (κ1) is 16.8. The van der Waals surface area contributed by atoms with Gasteiger partial charge in [0.2, 0.25) is 0 Å². The quantitative estimate of drug-likeness (QED) is 0.861. The number of hydrogen-bond acceptors (Lipinski definition) is 4. The lowest BCUT2D eigenvalue weighted by molar-refractivity contribution is -0.0192. The van der Waals surface area contributed by atoms with Crippen molar-refractivity contribution in [3.8, 4) is 0 Å². The minimum Gasteiger partial charge on any atom is -0.370 e. The summed E-state index contributed by atoms with van der Waals surface area (Å²) in [5.41, 5.74) is 0.199. The summed E-state index contributed by atoms with van der Waals surface area (Å²) in [6.07, 6.45) is 0.653. The molecule has 0 aliphatic heterocycles. The van der Waals surface area contributed by atoms with Crippen LogP contribution in [0.4, 0.5) is 10.2 Å². The van der Waals surface area contributed by atoms with Gasteiger partial charge in [-0.25, -0.2) is 14.4 Å². The lowest BCUT2D eigenvalue weighted by Gasteiger charge is -2.29. The van der Waals surface area contributed by atoms with E-state index in [9.17, 15) is 4.39 Å². The third-order valence-corrected chi connectivity index (χ3v) is 2.93. The van der Waals surface area contributed by atoms with Crippen molar-refractivity contribution < 1.29 is 9.13 Å². The van der Waals surface area contributed by atoms with Crippen molar-refractivity contribution in [2.75, 3.05) is 18.5 Å². The molecule has 0 saturated heterocycles. The number of ether oxygens (including phenoxy) is 1. The number of nitrogens with zero attached hydrogens (tertiary/aromatic N) is 2. The Labute approximate surface area is 121 Å². The molecule has 1 aromatic rings. The summed E-state index contributed by atoms with van der Waals surface area (Å²) in [4.78, 5) is 8.61. The molecule has 20 heavy (non-hydrogen) atoms. The van der Waals surface area contributed by atoms with Crippen LogP contribution in [0.3, 0.4) is 0 Å². The Morgan fingerprint density at radius 1 is 1.25 bits per heavy atom. The molecule has 0 amide bonds. The van der Waals surface area contributed by atoms with Gasteiger partial charge in [-0.1, -0.05) is 27.7 Å². The summed E-state index contributed by atoms with van der Waals surface area (Å²) in [5.74, 6) is 0.423. The van der Waals surface area contributed by atoms with Gasteiger partial charge >= 0.3 is 0 Å². The number of hydrogen-bond donors (Lipinski definition) is 1. The Morgan fingerprint density at radius 2 is 1.90 bits per heavy atom. The van der Waals surface area contributed by atoms with Gasteiger partial charge in [-0.2, -0.15) is 0 Å². The molecular weight excluding hydrogens is 257 g/mol. The van der Waals surface area contributed by atoms with Gasteiger partial charge in [0.15, 0.2) is 17.5 Å². The number of aromatic nitrogens is 2. The number of aryl methyl sites for hydroxylation is 1. The normalized spacial score (nSPS) is 13.3. The molecule has 0 bridgehead atoms. The fourth-order valence-corrected chi connectivity index (χ4v) is 1.94. The number of rotatable bonds is 6. The molecule has 0 aliphatic carbocycles. The second-order valence-corrected chi connectivity index (χ2v) is 5.96. The summed E-state index contributed by atoms with van der Waals surface area (Å²) < 4.78 is 19.8. The van der Waals surface area contributed by atoms with Crippen LogP contribution in [0.25, 0.3) is 0 Å². The molecule has 0 fully saturated rings. The van der Waals surface area contributed by atoms with E-state index >= 15 is 0 Å². The SMILES string of the molecule is CCCNc1nc(C(OCC)C(C)(C)C)nc(C)c1F. The molecule has 0 aromatic carbocycles. The highest BCUT2D eigenvalue weighted by molar-refractivity contribution is 5.38. The Hall–Kier alpha value is -1.23. The van der Waals surface area contributed by atoms with Gasteiger partial charge in [0.25, 0.3) is 0 Å². The van der Waals surface area contributed by atoms with E-state index in [1.807, 2.05) is 13.8 Å². The van der Waals surface area contributed by atoms with Crippen LogP contribution in [0.5, 0.6) is 0 Å². The van der Waals surface area contributed by atoms with Crippen LogP contribution < -0.4 is 5.32 Å². The van der Waals surface area contributed by atoms with Crippen molar-refractivity contribution in [1.29, 1.82) is 0 Å². The Balaban J connectivity index is 3.18. The molecular formula is C15H26FN3O. The Kier molecular flexibility index (Phi) is 5.87. The number of anilines is 1. The van der Waals surface area contributed by atoms with Crippen molar-refractivity contribution in [3.63, 3.8) is 0 Å². The largest absolute Gasteiger partial charge is 0.370 e. The smallest absolute Gasteiger partial charge is 0.186 e. The minimum absolute atomic E-state index is 0.150. The third-order valence-electron chi connectivity index (χ3n) is 2.93. The highest BCUT2D eigenvalue weighted by Crippen LogP contribution is 2.35. The number of halogens is 1. The molecule has 0 radical (unpaired) electrons. The van der Waals surface area contributed by atoms with Gasteiger partial charge in [-0.3, -0.25) is 0 Å². The molecule has 0 spiro atoms. The first-order valence-electron chi connectivity index (χ1n) is 7.20. The van der Waals surface area contributed by atoms with Crippen LogP contribution in [-0.4, -0.2) is 23.1 Å². The summed E-state index contributed by atoms with van der Waals surface area (Å²) >= 11 is 0. The van der Waals surface area contributed by atoms with Gasteiger partial charge in [0.05, 0.1) is 5.69 Å². The van der Waals surface area contributed by atoms with Crippen molar-refractivity contribution in [2.24, 2.45) is 5.41 Å². The average molecular weight is 283 g/mol. The summed E-state index contributed by atoms with van der Waals surface area (Å²) in [5, 5.41) is 3.01. The maximum atomic E-state index is 14.0. The summed E-state index contributed by atoms with van der Waals surface area (Å²) in [6, 6.07) is 0. The molecule has 1 N–H and O–H groups in total. The van der Waals surface area contributed by atoms with E-state index in [-0.39, 0.29) is 23.2 Å². The van der Waals surface area contributed by atoms with Gasteiger partial charge in [0.1, 0.15) is 6.10 Å². The second-order valence-electron chi connectivity index (χ2n) is 5.96. The predicted molar refractivity (Wildman–Crippen MR) is 79.3 cm³/mol. The zero-order valence-corrected chi connectivity index (χ0v) is 13.4. The van der Waals surface area contributed by atoms with E-state index in [1.165, 1.54) is 0 Å². The van der Waals surface area contributed by atoms with Crippen LogP contribution in [0.1, 0.15) is 58.7 Å². The Bertz CT molecular complexity index is 443. The second kappa shape index (κ2) is 6.97. The molecule has 1 aromatic heterocycles. The highest BCUT2D eigenvalue weighted by atomic mass is 19.1. The lowest BCUT2D eigenvalue weighted by Crippen LogP contribution is -2.25. The van der Waals surface area contributed by atoms with E-state index in [0.29, 0.717) is 24.7 Å². The van der Waals surface area contributed by atoms with E-state index in [0.717, 1.165) is 6.42 Å². The molecule has 4 nitrogen and oxygen atoms in total. The fourth-order valence-electron chi connectivity index (χ4n) is 1.94. The third kappa shape index (κ3) is 4.13. The molecule has 0 aliphatic rings. The van der Waals surface area contributed by atoms with Crippen molar-refractivity contribution in [3.05, 3.63) is 17.3 Å². The molecule has 1 atom stereocenters. The molecule has 114 valence electrons. The van der Waals surface area contributed by atoms with Gasteiger partial charge in [-0.05, 0) is 25.7 Å². The average Bonchev–Trinajstić information content (AvgIpc) is 2.36. The zero-order chi connectivity index (χ0) is 15.3. The first-order valence-corrected chi connectivity index (χ1v) is 7.20. The van der Waals surface area contributed by atoms with Crippen LogP contribution in [0, 0.1) is 18.2 Å². The topological polar surface area (TPSA) is 47.0 Å². The van der Waals surface area contributed by atoms with Gasteiger partial charge in [0, 0.05) is 13.2 Å². The molecule has 0 saturated carbocycles. The predicted octanol–water partition coefficient (Wildman–Crippen LogP) is 3.87. The van der Waals surface area contributed by atoms with E-state index in [1.54, 1.807) is 6.92 Å². The molecule has 5 heteroatoms. The van der Waals surface area contributed by atoms with Crippen molar-refractivity contribution in [1.82, 2.24) is 9.97 Å². The monoisotopic (exact) mass is 283 g/mol. The van der Waals surface area contributed by atoms with E-state index < -0.39 is 0 Å². The van der Waals surface area contributed by atoms with Crippen LogP contribution in [0.2, 0.25) is 0 Å². The number of nitrogens with one attached hydrogen (secondary N) is 1. The molecule has 1 rings (SSSR count). The maximum absolute atomic E-state index is 14.0. The van der Waals surface area contributed by atoms with Crippen molar-refractivity contribution >= 4 is 5.82 Å². The zero-order valence-electron chi connectivity index (χ0n) is 13.4. The van der Waals surface area contributed by atoms with Crippen LogP contribution >= 0.6 is 0 Å². The van der Waals surface area contributed by atoms with E-state index in [4.69, 9.17) is 4.74 Å². The minimum atomic E-state index is -0.383. The van der Waals surface area contributed by atoms with Crippen LogP contribution in [-0.2, 0) is 4.74 Å². The maximum Gasteiger partial charge on any atom is 0.186 e. The fraction of sp³-hybridized carbons (Fsp3) is 0.733. The van der Waals surface area contributed by atoms with Crippen molar-refractivity contribution in [2.45, 2.75) is 54.1 Å². The molecule has 1 heterocycles. The summed E-state index contributed by atoms with van der Waals surface area (Å²) in [7, 11) is 0. The molecule has 1 unspecified atom stereocenters. The summed E-state index contributed by atoms with van der Waals surface area (Å²) in [6.45, 7) is 13.1. The Morgan fingerprint density at radius 3 is 2.40 bits per heavy atom. The highest BCUT2D eigenvalue weighted by Gasteiger charge is 2.30. The van der Waals surface area contributed by atoms with Crippen LogP contribution in [0.15, 0.2) is 0 Å². The lowest BCUT2D eigenvalue weighted by atomic mass is 9.88. The standard InChI is InChI=1S/C15H26FN3O/c1-7-9-17-13-11(16)10(3)18-14(19-13)12(20-8-2)15(4,5)6/h12H,7-9H2,1-6H3,(H,17,18,19). The first-order chi connectivity index (χ1) is 9.31. The van der Waals surface area contributed by atoms with Gasteiger partial charge in [-0.15, -0.1) is 0 Å². The van der Waals surface area contributed by atoms with Gasteiger partial charge < -0.3 is 10.1 Å².